The minimum atomic E-state index is -3.72. The van der Waals surface area contributed by atoms with Gasteiger partial charge in [-0.3, -0.25) is 9.59 Å². The van der Waals surface area contributed by atoms with Crippen LogP contribution in [0.15, 0.2) is 39.9 Å². The molecule has 0 unspecified atom stereocenters. The fraction of sp³-hybridized carbons (Fsp3) is 0.556. The molecule has 1 aliphatic heterocycles. The summed E-state index contributed by atoms with van der Waals surface area (Å²) in [5.74, 6) is -0.537. The zero-order valence-corrected chi connectivity index (χ0v) is 23.8. The smallest absolute Gasteiger partial charge is 0.258 e. The topological polar surface area (TPSA) is 116 Å². The lowest BCUT2D eigenvalue weighted by Gasteiger charge is -2.38. The van der Waals surface area contributed by atoms with Crippen molar-refractivity contribution in [2.75, 3.05) is 32.1 Å². The number of thiophene rings is 1. The number of sulfonamides is 1. The van der Waals surface area contributed by atoms with Gasteiger partial charge >= 0.3 is 0 Å². The van der Waals surface area contributed by atoms with Gasteiger partial charge in [0.05, 0.1) is 30.4 Å². The van der Waals surface area contributed by atoms with Gasteiger partial charge < -0.3 is 20.1 Å². The summed E-state index contributed by atoms with van der Waals surface area (Å²) in [5.41, 5.74) is 0.665. The zero-order chi connectivity index (χ0) is 27.4. The molecule has 1 aliphatic carbocycles. The molecule has 208 valence electrons. The maximum atomic E-state index is 13.6. The molecule has 1 aromatic carbocycles. The van der Waals surface area contributed by atoms with E-state index in [1.807, 2.05) is 6.92 Å². The molecule has 2 amide bonds. The summed E-state index contributed by atoms with van der Waals surface area (Å²) in [5, 5.41) is 14.6. The quantitative estimate of drug-likeness (QED) is 0.505. The van der Waals surface area contributed by atoms with Crippen molar-refractivity contribution in [3.63, 3.8) is 0 Å². The third-order valence-corrected chi connectivity index (χ3v) is 10.7. The number of carbonyl (C=O) groups excluding carboxylic acids is 2. The average Bonchev–Trinajstić information content (AvgIpc) is 3.47. The Morgan fingerprint density at radius 1 is 1.24 bits per heavy atom. The first kappa shape index (κ1) is 28.5. The number of hydrogen-bond acceptors (Lipinski definition) is 7. The van der Waals surface area contributed by atoms with Gasteiger partial charge in [0.1, 0.15) is 10.3 Å². The summed E-state index contributed by atoms with van der Waals surface area (Å²) >= 11 is 1.15. The first-order valence-electron chi connectivity index (χ1n) is 13.2. The summed E-state index contributed by atoms with van der Waals surface area (Å²) < 4.78 is 34.3. The van der Waals surface area contributed by atoms with E-state index in [0.29, 0.717) is 5.69 Å². The van der Waals surface area contributed by atoms with Crippen LogP contribution in [0.3, 0.4) is 0 Å². The molecule has 1 saturated carbocycles. The molecule has 0 saturated heterocycles. The Balaban J connectivity index is 1.69. The van der Waals surface area contributed by atoms with E-state index >= 15 is 0 Å². The van der Waals surface area contributed by atoms with E-state index in [1.54, 1.807) is 47.5 Å². The van der Waals surface area contributed by atoms with Gasteiger partial charge in [0.25, 0.3) is 15.9 Å². The standard InChI is InChI=1S/C27H37N3O6S2/c1-18-15-30(19(2)17-31)27(33)21-11-7-12-22(28-26(32)20-9-5-4-6-10-20)25(21)36-23(18)16-29(3)38(34,35)24-13-8-14-37-24/h7-8,11-14,18-20,23,31H,4-6,9-10,15-17H2,1-3H3,(H,28,32)/t18-,19-,23+/m0/s1. The number of rotatable bonds is 8. The Labute approximate surface area is 228 Å². The Hall–Kier alpha value is -2.47. The number of hydrogen-bond donors (Lipinski definition) is 2. The van der Waals surface area contributed by atoms with E-state index in [1.165, 1.54) is 11.4 Å². The molecular formula is C27H37N3O6S2. The highest BCUT2D eigenvalue weighted by molar-refractivity contribution is 7.91. The largest absolute Gasteiger partial charge is 0.486 e. The number of aliphatic hydroxyl groups is 1. The van der Waals surface area contributed by atoms with Crippen LogP contribution in [-0.4, -0.2) is 73.4 Å². The number of likely N-dealkylation sites (N-methyl/N-ethyl adjacent to an activating group) is 1. The first-order valence-corrected chi connectivity index (χ1v) is 15.5. The Kier molecular flexibility index (Phi) is 9.12. The lowest BCUT2D eigenvalue weighted by atomic mass is 9.88. The number of ether oxygens (including phenoxy) is 1. The molecule has 4 rings (SSSR count). The molecule has 2 heterocycles. The van der Waals surface area contributed by atoms with Crippen LogP contribution in [0, 0.1) is 11.8 Å². The fourth-order valence-electron chi connectivity index (χ4n) is 5.07. The number of fused-ring (bicyclic) bond motifs is 1. The van der Waals surface area contributed by atoms with Gasteiger partial charge in [0, 0.05) is 25.4 Å². The second-order valence-corrected chi connectivity index (χ2v) is 13.6. The van der Waals surface area contributed by atoms with Crippen LogP contribution in [0.25, 0.3) is 0 Å². The highest BCUT2D eigenvalue weighted by Gasteiger charge is 2.36. The van der Waals surface area contributed by atoms with Crippen molar-refractivity contribution >= 4 is 38.9 Å². The fourth-order valence-corrected chi connectivity index (χ4v) is 7.46. The van der Waals surface area contributed by atoms with Crippen LogP contribution in [0.2, 0.25) is 0 Å². The van der Waals surface area contributed by atoms with Crippen molar-refractivity contribution in [3.05, 3.63) is 41.3 Å². The molecule has 2 aliphatic rings. The summed E-state index contributed by atoms with van der Waals surface area (Å²) in [7, 11) is -2.21. The number of para-hydroxylation sites is 1. The van der Waals surface area contributed by atoms with Crippen molar-refractivity contribution in [1.29, 1.82) is 0 Å². The van der Waals surface area contributed by atoms with Gasteiger partial charge in [0.15, 0.2) is 5.75 Å². The third-order valence-electron chi connectivity index (χ3n) is 7.52. The van der Waals surface area contributed by atoms with Crippen LogP contribution in [0.1, 0.15) is 56.3 Å². The molecule has 9 nitrogen and oxygen atoms in total. The predicted molar refractivity (Wildman–Crippen MR) is 147 cm³/mol. The van der Waals surface area contributed by atoms with Crippen LogP contribution < -0.4 is 10.1 Å². The Morgan fingerprint density at radius 3 is 2.63 bits per heavy atom. The second kappa shape index (κ2) is 12.1. The predicted octanol–water partition coefficient (Wildman–Crippen LogP) is 3.81. The highest BCUT2D eigenvalue weighted by atomic mass is 32.2. The lowest BCUT2D eigenvalue weighted by Crippen LogP contribution is -2.50. The summed E-state index contributed by atoms with van der Waals surface area (Å²) in [6.45, 7) is 3.76. The van der Waals surface area contributed by atoms with Crippen molar-refractivity contribution in [2.24, 2.45) is 11.8 Å². The van der Waals surface area contributed by atoms with E-state index in [2.05, 4.69) is 5.32 Å². The molecule has 0 spiro atoms. The minimum Gasteiger partial charge on any atom is -0.486 e. The van der Waals surface area contributed by atoms with Crippen LogP contribution in [0.4, 0.5) is 5.69 Å². The van der Waals surface area contributed by atoms with Crippen molar-refractivity contribution in [2.45, 2.75) is 62.3 Å². The van der Waals surface area contributed by atoms with E-state index in [9.17, 15) is 23.1 Å². The molecule has 11 heteroatoms. The molecule has 3 atom stereocenters. The number of nitrogens with one attached hydrogen (secondary N) is 1. The van der Waals surface area contributed by atoms with Crippen LogP contribution in [0.5, 0.6) is 5.75 Å². The maximum absolute atomic E-state index is 13.6. The molecule has 0 radical (unpaired) electrons. The lowest BCUT2D eigenvalue weighted by molar-refractivity contribution is -0.120. The van der Waals surface area contributed by atoms with Crippen molar-refractivity contribution in [3.8, 4) is 5.75 Å². The Morgan fingerprint density at radius 2 is 1.97 bits per heavy atom. The number of carbonyl (C=O) groups is 2. The molecule has 0 bridgehead atoms. The highest BCUT2D eigenvalue weighted by Crippen LogP contribution is 2.36. The maximum Gasteiger partial charge on any atom is 0.258 e. The van der Waals surface area contributed by atoms with Gasteiger partial charge in [-0.05, 0) is 43.3 Å². The molecule has 2 N–H and O–H groups in total. The number of anilines is 1. The molecule has 1 fully saturated rings. The number of aliphatic hydroxyl groups excluding tert-OH is 1. The van der Waals surface area contributed by atoms with Gasteiger partial charge in [-0.25, -0.2) is 8.42 Å². The average molecular weight is 564 g/mol. The number of nitrogens with zero attached hydrogens (tertiary/aromatic N) is 2. The van der Waals surface area contributed by atoms with Crippen molar-refractivity contribution < 1.29 is 27.9 Å². The normalized spacial score (nSPS) is 21.8. The van der Waals surface area contributed by atoms with E-state index < -0.39 is 22.2 Å². The van der Waals surface area contributed by atoms with E-state index in [4.69, 9.17) is 4.74 Å². The first-order chi connectivity index (χ1) is 18.1. The van der Waals surface area contributed by atoms with Gasteiger partial charge in [-0.1, -0.05) is 38.3 Å². The summed E-state index contributed by atoms with van der Waals surface area (Å²) in [6.07, 6.45) is 4.18. The van der Waals surface area contributed by atoms with Crippen molar-refractivity contribution in [1.82, 2.24) is 9.21 Å². The van der Waals surface area contributed by atoms with Gasteiger partial charge in [-0.2, -0.15) is 4.31 Å². The summed E-state index contributed by atoms with van der Waals surface area (Å²) in [6, 6.07) is 7.86. The zero-order valence-electron chi connectivity index (χ0n) is 22.1. The van der Waals surface area contributed by atoms with Crippen LogP contribution >= 0.6 is 11.3 Å². The second-order valence-electron chi connectivity index (χ2n) is 10.3. The van der Waals surface area contributed by atoms with Gasteiger partial charge in [-0.15, -0.1) is 11.3 Å². The van der Waals surface area contributed by atoms with Crippen LogP contribution in [-0.2, 0) is 14.8 Å². The molecule has 2 aromatic rings. The monoisotopic (exact) mass is 563 g/mol. The molecular weight excluding hydrogens is 526 g/mol. The van der Waals surface area contributed by atoms with Gasteiger partial charge in [0.2, 0.25) is 5.91 Å². The number of amides is 2. The minimum absolute atomic E-state index is 0.0429. The Bertz CT molecular complexity index is 1230. The van der Waals surface area contributed by atoms with E-state index in [0.717, 1.165) is 43.4 Å². The molecule has 38 heavy (non-hydrogen) atoms. The summed E-state index contributed by atoms with van der Waals surface area (Å²) in [4.78, 5) is 28.3. The van der Waals surface area contributed by atoms with E-state index in [-0.39, 0.29) is 58.9 Å². The number of benzene rings is 1. The third kappa shape index (κ3) is 6.06. The molecule has 1 aromatic heterocycles. The SMILES string of the molecule is C[C@H]1CN([C@@H](C)CO)C(=O)c2cccc(NC(=O)C3CCCCC3)c2O[C@@H]1CN(C)S(=O)(=O)c1cccs1.